The van der Waals surface area contributed by atoms with E-state index >= 15 is 0 Å². The Kier molecular flexibility index (Phi) is 5.42. The molecule has 4 nitrogen and oxygen atoms in total. The van der Waals surface area contributed by atoms with Gasteiger partial charge in [-0.2, -0.15) is 11.8 Å². The van der Waals surface area contributed by atoms with E-state index in [1.54, 1.807) is 23.9 Å². The topological polar surface area (TPSA) is 68.3 Å². The number of hydrogen-bond donors (Lipinski definition) is 2. The highest BCUT2D eigenvalue weighted by atomic mass is 32.2. The number of amides is 1. The molecule has 0 fully saturated rings. The van der Waals surface area contributed by atoms with Crippen molar-refractivity contribution < 1.29 is 9.21 Å². The molecule has 0 saturated carbocycles. The van der Waals surface area contributed by atoms with Gasteiger partial charge in [0.25, 0.3) is 5.91 Å². The molecule has 0 radical (unpaired) electrons. The minimum absolute atomic E-state index is 0.166. The second kappa shape index (κ2) is 6.60. The second-order valence-corrected chi connectivity index (χ2v) is 4.41. The summed E-state index contributed by atoms with van der Waals surface area (Å²) in [5, 5.41) is 2.93. The first kappa shape index (κ1) is 13.1. The summed E-state index contributed by atoms with van der Waals surface area (Å²) in [7, 11) is 0. The zero-order valence-corrected chi connectivity index (χ0v) is 10.5. The molecule has 1 rings (SSSR count). The summed E-state index contributed by atoms with van der Waals surface area (Å²) in [6.45, 7) is 2.36. The first-order valence-electron chi connectivity index (χ1n) is 5.29. The molecule has 1 aromatic rings. The maximum Gasteiger partial charge on any atom is 0.287 e. The Hall–Kier alpha value is -0.940. The van der Waals surface area contributed by atoms with E-state index in [0.29, 0.717) is 18.1 Å². The van der Waals surface area contributed by atoms with E-state index in [-0.39, 0.29) is 11.9 Å². The Morgan fingerprint density at radius 3 is 2.88 bits per heavy atom. The molecule has 1 heterocycles. The Morgan fingerprint density at radius 1 is 1.62 bits per heavy atom. The van der Waals surface area contributed by atoms with Gasteiger partial charge in [-0.3, -0.25) is 4.79 Å². The van der Waals surface area contributed by atoms with Crippen molar-refractivity contribution in [1.82, 2.24) is 5.32 Å². The lowest BCUT2D eigenvalue weighted by Crippen LogP contribution is -2.35. The highest BCUT2D eigenvalue weighted by Gasteiger charge is 2.14. The van der Waals surface area contributed by atoms with E-state index in [4.69, 9.17) is 10.2 Å². The van der Waals surface area contributed by atoms with Crippen LogP contribution < -0.4 is 11.1 Å². The summed E-state index contributed by atoms with van der Waals surface area (Å²) in [6.07, 6.45) is 2.94. The van der Waals surface area contributed by atoms with Gasteiger partial charge < -0.3 is 15.5 Å². The van der Waals surface area contributed by atoms with E-state index in [2.05, 4.69) is 12.2 Å². The van der Waals surface area contributed by atoms with Crippen LogP contribution in [0.25, 0.3) is 0 Å². The van der Waals surface area contributed by atoms with Crippen LogP contribution in [0, 0.1) is 0 Å². The molecule has 16 heavy (non-hydrogen) atoms. The second-order valence-electron chi connectivity index (χ2n) is 3.50. The Labute approximate surface area is 100.0 Å². The smallest absolute Gasteiger partial charge is 0.287 e. The lowest BCUT2D eigenvalue weighted by molar-refractivity contribution is 0.0910. The van der Waals surface area contributed by atoms with E-state index in [0.717, 1.165) is 12.2 Å². The number of carbonyl (C=O) groups is 1. The van der Waals surface area contributed by atoms with Gasteiger partial charge in [-0.15, -0.1) is 0 Å². The Bertz CT molecular complexity index is 338. The molecule has 0 aromatic carbocycles. The first-order chi connectivity index (χ1) is 7.71. The highest BCUT2D eigenvalue weighted by Crippen LogP contribution is 2.08. The Morgan fingerprint density at radius 2 is 2.38 bits per heavy atom. The third kappa shape index (κ3) is 3.57. The zero-order valence-electron chi connectivity index (χ0n) is 9.66. The van der Waals surface area contributed by atoms with E-state index < -0.39 is 0 Å². The number of hydrogen-bond acceptors (Lipinski definition) is 4. The molecule has 0 spiro atoms. The van der Waals surface area contributed by atoms with Crippen LogP contribution >= 0.6 is 11.8 Å². The van der Waals surface area contributed by atoms with Gasteiger partial charge in [-0.05, 0) is 24.8 Å². The maximum atomic E-state index is 11.8. The van der Waals surface area contributed by atoms with Crippen molar-refractivity contribution in [1.29, 1.82) is 0 Å². The van der Waals surface area contributed by atoms with Gasteiger partial charge in [-0.25, -0.2) is 0 Å². The van der Waals surface area contributed by atoms with Crippen LogP contribution in [0.2, 0.25) is 0 Å². The average Bonchev–Trinajstić information content (AvgIpc) is 2.76. The van der Waals surface area contributed by atoms with E-state index in [1.807, 2.05) is 6.26 Å². The van der Waals surface area contributed by atoms with Gasteiger partial charge in [0.15, 0.2) is 5.76 Å². The SMILES string of the molecule is CCC(CSC)NC(=O)c1ccc(CN)o1. The fourth-order valence-electron chi connectivity index (χ4n) is 1.33. The molecule has 0 bridgehead atoms. The van der Waals surface area contributed by atoms with Crippen molar-refractivity contribution in [3.05, 3.63) is 23.7 Å². The van der Waals surface area contributed by atoms with Gasteiger partial charge in [0.2, 0.25) is 0 Å². The first-order valence-corrected chi connectivity index (χ1v) is 6.69. The van der Waals surface area contributed by atoms with Crippen LogP contribution in [0.5, 0.6) is 0 Å². The van der Waals surface area contributed by atoms with Gasteiger partial charge in [0, 0.05) is 11.8 Å². The molecule has 5 heteroatoms. The van der Waals surface area contributed by atoms with E-state index in [9.17, 15) is 4.79 Å². The van der Waals surface area contributed by atoms with Gasteiger partial charge in [0.05, 0.1) is 6.54 Å². The lowest BCUT2D eigenvalue weighted by atomic mass is 10.2. The maximum absolute atomic E-state index is 11.8. The summed E-state index contributed by atoms with van der Waals surface area (Å²) < 4.78 is 5.27. The predicted octanol–water partition coefficient (Wildman–Crippen LogP) is 1.61. The van der Waals surface area contributed by atoms with Crippen LogP contribution in [-0.2, 0) is 6.54 Å². The quantitative estimate of drug-likeness (QED) is 0.795. The van der Waals surface area contributed by atoms with Crippen molar-refractivity contribution in [3.8, 4) is 0 Å². The molecule has 1 aromatic heterocycles. The average molecular weight is 242 g/mol. The molecular formula is C11H18N2O2S. The third-order valence-electron chi connectivity index (χ3n) is 2.28. The van der Waals surface area contributed by atoms with Crippen molar-refractivity contribution >= 4 is 17.7 Å². The summed E-state index contributed by atoms with van der Waals surface area (Å²) in [6, 6.07) is 3.57. The number of nitrogens with two attached hydrogens (primary N) is 1. The summed E-state index contributed by atoms with van der Waals surface area (Å²) in [5.41, 5.74) is 5.41. The zero-order chi connectivity index (χ0) is 12.0. The predicted molar refractivity (Wildman–Crippen MR) is 66.5 cm³/mol. The van der Waals surface area contributed by atoms with Crippen LogP contribution in [0.15, 0.2) is 16.5 Å². The van der Waals surface area contributed by atoms with Crippen molar-refractivity contribution in [2.24, 2.45) is 5.73 Å². The number of furan rings is 1. The lowest BCUT2D eigenvalue weighted by Gasteiger charge is -2.14. The standard InChI is InChI=1S/C11H18N2O2S/c1-3-8(7-16-2)13-11(14)10-5-4-9(6-12)15-10/h4-5,8H,3,6-7,12H2,1-2H3,(H,13,14). The largest absolute Gasteiger partial charge is 0.455 e. The molecule has 0 aliphatic rings. The van der Waals surface area contributed by atoms with Gasteiger partial charge >= 0.3 is 0 Å². The number of carbonyl (C=O) groups excluding carboxylic acids is 1. The molecule has 0 aliphatic carbocycles. The van der Waals surface area contributed by atoms with Gasteiger partial charge in [-0.1, -0.05) is 6.92 Å². The van der Waals surface area contributed by atoms with Crippen LogP contribution in [-0.4, -0.2) is 24.0 Å². The van der Waals surface area contributed by atoms with Crippen LogP contribution in [0.4, 0.5) is 0 Å². The van der Waals surface area contributed by atoms with E-state index in [1.165, 1.54) is 0 Å². The van der Waals surface area contributed by atoms with Crippen molar-refractivity contribution in [2.45, 2.75) is 25.9 Å². The summed E-state index contributed by atoms with van der Waals surface area (Å²) in [5.74, 6) is 1.70. The molecule has 1 amide bonds. The van der Waals surface area contributed by atoms with Crippen LogP contribution in [0.3, 0.4) is 0 Å². The normalized spacial score (nSPS) is 12.4. The fourth-order valence-corrected chi connectivity index (χ4v) is 2.05. The summed E-state index contributed by atoms with van der Waals surface area (Å²) in [4.78, 5) is 11.8. The number of thioether (sulfide) groups is 1. The van der Waals surface area contributed by atoms with Gasteiger partial charge in [0.1, 0.15) is 5.76 Å². The summed E-state index contributed by atoms with van der Waals surface area (Å²) >= 11 is 1.72. The third-order valence-corrected chi connectivity index (χ3v) is 3.02. The highest BCUT2D eigenvalue weighted by molar-refractivity contribution is 7.98. The fraction of sp³-hybridized carbons (Fsp3) is 0.545. The molecule has 1 unspecified atom stereocenters. The Balaban J connectivity index is 2.56. The molecule has 0 saturated heterocycles. The number of rotatable bonds is 6. The minimum Gasteiger partial charge on any atom is -0.455 e. The minimum atomic E-state index is -0.166. The molecule has 1 atom stereocenters. The molecular weight excluding hydrogens is 224 g/mol. The van der Waals surface area contributed by atoms with Crippen molar-refractivity contribution in [3.63, 3.8) is 0 Å². The molecule has 0 aliphatic heterocycles. The van der Waals surface area contributed by atoms with Crippen LogP contribution in [0.1, 0.15) is 29.7 Å². The monoisotopic (exact) mass is 242 g/mol. The molecule has 3 N–H and O–H groups in total. The molecule has 90 valence electrons. The van der Waals surface area contributed by atoms with Crippen molar-refractivity contribution in [2.75, 3.05) is 12.0 Å². The number of nitrogens with one attached hydrogen (secondary N) is 1.